The number of halogens is 3. The standard InChI is InChI=1S/C10H8BrCl2N3S/c1-5(6-2-3-7(12)17-6)16-10-8(11)9(13)14-4-15-10/h2-5H,1H3,(H,14,15,16). The third-order valence-corrected chi connectivity index (χ3v) is 4.80. The number of thiophene rings is 1. The van der Waals surface area contributed by atoms with Crippen LogP contribution in [0.25, 0.3) is 0 Å². The fourth-order valence-electron chi connectivity index (χ4n) is 1.29. The summed E-state index contributed by atoms with van der Waals surface area (Å²) >= 11 is 16.7. The lowest BCUT2D eigenvalue weighted by molar-refractivity contribution is 0.890. The highest BCUT2D eigenvalue weighted by Crippen LogP contribution is 2.32. The van der Waals surface area contributed by atoms with Gasteiger partial charge in [0.1, 0.15) is 17.3 Å². The maximum absolute atomic E-state index is 5.90. The Balaban J connectivity index is 2.18. The van der Waals surface area contributed by atoms with Gasteiger partial charge in [-0.25, -0.2) is 9.97 Å². The van der Waals surface area contributed by atoms with Crippen molar-refractivity contribution in [2.45, 2.75) is 13.0 Å². The van der Waals surface area contributed by atoms with Crippen molar-refractivity contribution >= 4 is 56.3 Å². The molecule has 3 nitrogen and oxygen atoms in total. The molecule has 2 aromatic rings. The van der Waals surface area contributed by atoms with Crippen LogP contribution in [0.1, 0.15) is 17.8 Å². The fourth-order valence-corrected chi connectivity index (χ4v) is 2.80. The maximum Gasteiger partial charge on any atom is 0.148 e. The second-order valence-corrected chi connectivity index (χ2v) is 6.23. The van der Waals surface area contributed by atoms with E-state index >= 15 is 0 Å². The average Bonchev–Trinajstić information content (AvgIpc) is 2.72. The van der Waals surface area contributed by atoms with E-state index < -0.39 is 0 Å². The molecule has 1 atom stereocenters. The summed E-state index contributed by atoms with van der Waals surface area (Å²) in [5, 5.41) is 3.64. The Morgan fingerprint density at radius 2 is 2.12 bits per heavy atom. The van der Waals surface area contributed by atoms with E-state index in [1.54, 1.807) is 0 Å². The number of nitrogens with one attached hydrogen (secondary N) is 1. The molecule has 2 rings (SSSR count). The Morgan fingerprint density at radius 1 is 1.35 bits per heavy atom. The van der Waals surface area contributed by atoms with E-state index in [-0.39, 0.29) is 6.04 Å². The van der Waals surface area contributed by atoms with Gasteiger partial charge in [0.2, 0.25) is 0 Å². The van der Waals surface area contributed by atoms with Crippen LogP contribution in [0.4, 0.5) is 5.82 Å². The number of aromatic nitrogens is 2. The van der Waals surface area contributed by atoms with Crippen molar-refractivity contribution in [2.24, 2.45) is 0 Å². The Hall–Kier alpha value is -0.360. The summed E-state index contributed by atoms with van der Waals surface area (Å²) in [6, 6.07) is 3.97. The first-order valence-corrected chi connectivity index (χ1v) is 7.12. The number of anilines is 1. The van der Waals surface area contributed by atoms with Crippen LogP contribution in [0.15, 0.2) is 22.9 Å². The van der Waals surface area contributed by atoms with Crippen LogP contribution in [0, 0.1) is 0 Å². The highest BCUT2D eigenvalue weighted by Gasteiger charge is 2.12. The van der Waals surface area contributed by atoms with Gasteiger partial charge in [-0.3, -0.25) is 0 Å². The molecule has 0 amide bonds. The summed E-state index contributed by atoms with van der Waals surface area (Å²) in [5.74, 6) is 0.669. The van der Waals surface area contributed by atoms with Gasteiger partial charge in [0.15, 0.2) is 0 Å². The lowest BCUT2D eigenvalue weighted by Crippen LogP contribution is -2.07. The van der Waals surface area contributed by atoms with Crippen LogP contribution in [-0.4, -0.2) is 9.97 Å². The summed E-state index contributed by atoms with van der Waals surface area (Å²) < 4.78 is 1.43. The van der Waals surface area contributed by atoms with Gasteiger partial charge in [0.25, 0.3) is 0 Å². The second kappa shape index (κ2) is 5.52. The second-order valence-electron chi connectivity index (χ2n) is 3.33. The van der Waals surface area contributed by atoms with Crippen LogP contribution in [-0.2, 0) is 0 Å². The van der Waals surface area contributed by atoms with Crippen LogP contribution >= 0.6 is 50.5 Å². The minimum absolute atomic E-state index is 0.106. The first kappa shape index (κ1) is 13.1. The van der Waals surface area contributed by atoms with Gasteiger partial charge >= 0.3 is 0 Å². The van der Waals surface area contributed by atoms with Crippen molar-refractivity contribution in [3.63, 3.8) is 0 Å². The van der Waals surface area contributed by atoms with E-state index in [1.807, 2.05) is 19.1 Å². The van der Waals surface area contributed by atoms with Crippen molar-refractivity contribution in [3.8, 4) is 0 Å². The molecule has 1 N–H and O–H groups in total. The Labute approximate surface area is 121 Å². The van der Waals surface area contributed by atoms with Crippen molar-refractivity contribution in [2.75, 3.05) is 5.32 Å². The molecule has 2 heterocycles. The molecule has 0 bridgehead atoms. The minimum atomic E-state index is 0.106. The third kappa shape index (κ3) is 3.10. The number of hydrogen-bond acceptors (Lipinski definition) is 4. The normalized spacial score (nSPS) is 12.5. The molecule has 0 spiro atoms. The van der Waals surface area contributed by atoms with Gasteiger partial charge in [0, 0.05) is 4.88 Å². The maximum atomic E-state index is 5.90. The molecule has 2 aromatic heterocycles. The largest absolute Gasteiger partial charge is 0.362 e. The number of rotatable bonds is 3. The molecule has 17 heavy (non-hydrogen) atoms. The fraction of sp³-hybridized carbons (Fsp3) is 0.200. The summed E-state index contributed by atoms with van der Waals surface area (Å²) in [5.41, 5.74) is 0. The molecule has 0 aromatic carbocycles. The Morgan fingerprint density at radius 3 is 2.76 bits per heavy atom. The highest BCUT2D eigenvalue weighted by molar-refractivity contribution is 9.10. The van der Waals surface area contributed by atoms with Gasteiger partial charge in [-0.2, -0.15) is 0 Å². The van der Waals surface area contributed by atoms with E-state index in [0.29, 0.717) is 15.4 Å². The minimum Gasteiger partial charge on any atom is -0.362 e. The van der Waals surface area contributed by atoms with Crippen molar-refractivity contribution < 1.29 is 0 Å². The lowest BCUT2D eigenvalue weighted by atomic mass is 10.3. The van der Waals surface area contributed by atoms with Crippen molar-refractivity contribution in [3.05, 3.63) is 37.3 Å². The van der Waals surface area contributed by atoms with Gasteiger partial charge in [-0.1, -0.05) is 23.2 Å². The average molecular weight is 353 g/mol. The van der Waals surface area contributed by atoms with E-state index in [1.165, 1.54) is 17.7 Å². The molecule has 0 aliphatic heterocycles. The van der Waals surface area contributed by atoms with Crippen LogP contribution in [0.5, 0.6) is 0 Å². The predicted octanol–water partition coefficient (Wildman–Crippen LogP) is 4.78. The zero-order valence-electron chi connectivity index (χ0n) is 8.75. The van der Waals surface area contributed by atoms with E-state index in [4.69, 9.17) is 23.2 Å². The van der Waals surface area contributed by atoms with Gasteiger partial charge in [-0.15, -0.1) is 11.3 Å². The summed E-state index contributed by atoms with van der Waals surface area (Å²) in [4.78, 5) is 9.14. The zero-order valence-corrected chi connectivity index (χ0v) is 12.7. The first-order chi connectivity index (χ1) is 8.08. The molecule has 0 saturated heterocycles. The Kier molecular flexibility index (Phi) is 4.25. The quantitative estimate of drug-likeness (QED) is 0.807. The number of hydrogen-bond donors (Lipinski definition) is 1. The van der Waals surface area contributed by atoms with E-state index in [9.17, 15) is 0 Å². The molecular weight excluding hydrogens is 345 g/mol. The molecule has 7 heteroatoms. The smallest absolute Gasteiger partial charge is 0.148 e. The van der Waals surface area contributed by atoms with Gasteiger partial charge < -0.3 is 5.32 Å². The SMILES string of the molecule is CC(Nc1ncnc(Cl)c1Br)c1ccc(Cl)s1. The predicted molar refractivity (Wildman–Crippen MR) is 76.1 cm³/mol. The summed E-state index contributed by atoms with van der Waals surface area (Å²) in [6.07, 6.45) is 1.42. The van der Waals surface area contributed by atoms with Crippen molar-refractivity contribution in [1.29, 1.82) is 0 Å². The van der Waals surface area contributed by atoms with Gasteiger partial charge in [-0.05, 0) is 35.0 Å². The molecule has 1 unspecified atom stereocenters. The topological polar surface area (TPSA) is 37.8 Å². The molecule has 0 radical (unpaired) electrons. The van der Waals surface area contributed by atoms with Gasteiger partial charge in [0.05, 0.1) is 14.9 Å². The third-order valence-electron chi connectivity index (χ3n) is 2.12. The van der Waals surface area contributed by atoms with E-state index in [2.05, 4.69) is 31.2 Å². The highest BCUT2D eigenvalue weighted by atomic mass is 79.9. The first-order valence-electron chi connectivity index (χ1n) is 4.75. The van der Waals surface area contributed by atoms with E-state index in [0.717, 1.165) is 9.21 Å². The van der Waals surface area contributed by atoms with Crippen LogP contribution in [0.2, 0.25) is 9.49 Å². The summed E-state index contributed by atoms with van der Waals surface area (Å²) in [7, 11) is 0. The van der Waals surface area contributed by atoms with Crippen LogP contribution < -0.4 is 5.32 Å². The van der Waals surface area contributed by atoms with Crippen LogP contribution in [0.3, 0.4) is 0 Å². The molecule has 0 aliphatic rings. The monoisotopic (exact) mass is 351 g/mol. The molecular formula is C10H8BrCl2N3S. The lowest BCUT2D eigenvalue weighted by Gasteiger charge is -2.13. The number of nitrogens with zero attached hydrogens (tertiary/aromatic N) is 2. The summed E-state index contributed by atoms with van der Waals surface area (Å²) in [6.45, 7) is 2.03. The zero-order chi connectivity index (χ0) is 12.4. The van der Waals surface area contributed by atoms with Crippen molar-refractivity contribution in [1.82, 2.24) is 9.97 Å². The Bertz CT molecular complexity index is 532. The molecule has 0 saturated carbocycles. The molecule has 0 aliphatic carbocycles. The molecule has 0 fully saturated rings. The molecule has 90 valence electrons.